The van der Waals surface area contributed by atoms with E-state index in [4.69, 9.17) is 14.9 Å². The summed E-state index contributed by atoms with van der Waals surface area (Å²) in [5.74, 6) is -1.60. The van der Waals surface area contributed by atoms with Crippen LogP contribution in [0, 0.1) is 6.92 Å². The number of carboxylic acid groups (broad SMARTS) is 2. The molecule has 3 amide bonds. The molecular formula is C42H47N5O9S. The third-order valence-electron chi connectivity index (χ3n) is 9.71. The minimum Gasteiger partial charge on any atom is -0.478 e. The molecule has 2 aliphatic rings. The summed E-state index contributed by atoms with van der Waals surface area (Å²) in [7, 11) is -4.07. The molecule has 0 aliphatic carbocycles. The van der Waals surface area contributed by atoms with Crippen molar-refractivity contribution in [2.45, 2.75) is 43.7 Å². The number of likely N-dealkylation sites (N-methyl/N-ethyl adjacent to an activating group) is 1. The summed E-state index contributed by atoms with van der Waals surface area (Å²) < 4.78 is 35.3. The molecule has 0 bridgehead atoms. The van der Waals surface area contributed by atoms with Crippen molar-refractivity contribution < 1.29 is 42.5 Å². The van der Waals surface area contributed by atoms with Crippen molar-refractivity contribution in [2.75, 3.05) is 44.6 Å². The highest BCUT2D eigenvalue weighted by atomic mass is 32.2. The molecule has 2 saturated heterocycles. The second kappa shape index (κ2) is 19.7. The van der Waals surface area contributed by atoms with Gasteiger partial charge in [0.1, 0.15) is 17.5 Å². The highest BCUT2D eigenvalue weighted by Crippen LogP contribution is 2.28. The Hall–Kier alpha value is -6.03. The lowest BCUT2D eigenvalue weighted by Crippen LogP contribution is -2.62. The molecule has 300 valence electrons. The number of anilines is 1. The summed E-state index contributed by atoms with van der Waals surface area (Å²) in [5.41, 5.74) is 3.57. The SMILES string of the molecule is CCN1CCCC1CNC(=O)C1CN(C(=O)Nc2ccc(Oc3ccccc3)cc2)CCN1S(=O)(=O)c1ccc(-c2ccccc2C)cc1.O=C(O)/C=C/C(=O)O. The van der Waals surface area contributed by atoms with Crippen molar-refractivity contribution in [1.29, 1.82) is 0 Å². The van der Waals surface area contributed by atoms with Crippen LogP contribution in [-0.4, -0.2) is 108 Å². The van der Waals surface area contributed by atoms with Gasteiger partial charge in [-0.05, 0) is 98.1 Å². The van der Waals surface area contributed by atoms with E-state index in [0.29, 0.717) is 35.9 Å². The largest absolute Gasteiger partial charge is 0.478 e. The number of nitrogens with one attached hydrogen (secondary N) is 2. The number of carboxylic acids is 2. The number of amides is 3. The van der Waals surface area contributed by atoms with Crippen LogP contribution < -0.4 is 15.4 Å². The number of carbonyl (C=O) groups excluding carboxylic acids is 2. The highest BCUT2D eigenvalue weighted by molar-refractivity contribution is 7.89. The number of benzene rings is 4. The summed E-state index contributed by atoms with van der Waals surface area (Å²) in [5, 5.41) is 21.5. The van der Waals surface area contributed by atoms with Crippen LogP contribution >= 0.6 is 0 Å². The number of sulfonamides is 1. The Bertz CT molecular complexity index is 2130. The topological polar surface area (TPSA) is 186 Å². The van der Waals surface area contributed by atoms with Gasteiger partial charge in [-0.25, -0.2) is 22.8 Å². The fourth-order valence-corrected chi connectivity index (χ4v) is 8.32. The minimum atomic E-state index is -4.07. The Labute approximate surface area is 332 Å². The standard InChI is InChI=1S/C38H43N5O5S.C4H4O4/c1-3-41-23-9-11-31(41)26-39-37(44)36-27-42(38(45)40-30-17-19-33(20-18-30)48-32-12-5-4-6-13-32)24-25-43(36)49(46,47)34-21-15-29(16-22-34)35-14-8-7-10-28(35)2;5-3(6)1-2-4(7)8/h4-8,10,12-22,31,36H,3,9,11,23-27H2,1-2H3,(H,39,44)(H,40,45);1-2H,(H,5,6)(H,7,8)/b;2-1+. The van der Waals surface area contributed by atoms with E-state index in [1.165, 1.54) is 9.21 Å². The molecule has 0 saturated carbocycles. The van der Waals surface area contributed by atoms with Gasteiger partial charge in [0.15, 0.2) is 0 Å². The molecule has 2 heterocycles. The van der Waals surface area contributed by atoms with Crippen LogP contribution in [0.2, 0.25) is 0 Å². The average molecular weight is 798 g/mol. The molecule has 4 aromatic rings. The van der Waals surface area contributed by atoms with Crippen molar-refractivity contribution in [3.8, 4) is 22.6 Å². The Morgan fingerprint density at radius 1 is 0.807 bits per heavy atom. The normalized spacial score (nSPS) is 17.3. The number of aryl methyl sites for hydroxylation is 1. The first kappa shape index (κ1) is 42.1. The van der Waals surface area contributed by atoms with Crippen molar-refractivity contribution >= 4 is 39.6 Å². The Kier molecular flexibility index (Phi) is 14.6. The van der Waals surface area contributed by atoms with Crippen LogP contribution in [0.25, 0.3) is 11.1 Å². The van der Waals surface area contributed by atoms with Crippen molar-refractivity contribution in [1.82, 2.24) is 19.4 Å². The van der Waals surface area contributed by atoms with Gasteiger partial charge in [0.05, 0.1) is 4.90 Å². The van der Waals surface area contributed by atoms with E-state index in [1.54, 1.807) is 48.5 Å². The molecule has 2 fully saturated rings. The Balaban J connectivity index is 0.000000701. The molecule has 14 nitrogen and oxygen atoms in total. The van der Waals surface area contributed by atoms with Gasteiger partial charge in [-0.1, -0.05) is 61.5 Å². The van der Waals surface area contributed by atoms with Crippen LogP contribution in [0.3, 0.4) is 0 Å². The molecular weight excluding hydrogens is 751 g/mol. The number of para-hydroxylation sites is 1. The van der Waals surface area contributed by atoms with Gasteiger partial charge in [-0.15, -0.1) is 0 Å². The maximum absolute atomic E-state index is 14.1. The summed E-state index contributed by atoms with van der Waals surface area (Å²) in [6.45, 7) is 6.41. The maximum Gasteiger partial charge on any atom is 0.328 e. The van der Waals surface area contributed by atoms with Gasteiger partial charge in [0, 0.05) is 50.1 Å². The Morgan fingerprint density at radius 3 is 2.07 bits per heavy atom. The summed E-state index contributed by atoms with van der Waals surface area (Å²) >= 11 is 0. The first-order valence-corrected chi connectivity index (χ1v) is 20.0. The number of ether oxygens (including phenoxy) is 1. The van der Waals surface area contributed by atoms with Crippen LogP contribution in [-0.2, 0) is 24.4 Å². The van der Waals surface area contributed by atoms with E-state index in [9.17, 15) is 27.6 Å². The molecule has 2 unspecified atom stereocenters. The number of rotatable bonds is 12. The monoisotopic (exact) mass is 797 g/mol. The van der Waals surface area contributed by atoms with Crippen LogP contribution in [0.5, 0.6) is 11.5 Å². The summed E-state index contributed by atoms with van der Waals surface area (Å²) in [6.07, 6.45) is 3.15. The van der Waals surface area contributed by atoms with Gasteiger partial charge < -0.3 is 30.5 Å². The lowest BCUT2D eigenvalue weighted by Gasteiger charge is -2.39. The highest BCUT2D eigenvalue weighted by Gasteiger charge is 2.41. The number of nitrogens with zero attached hydrogens (tertiary/aromatic N) is 3. The van der Waals surface area contributed by atoms with E-state index in [0.717, 1.165) is 42.6 Å². The molecule has 2 atom stereocenters. The predicted octanol–water partition coefficient (Wildman–Crippen LogP) is 5.67. The van der Waals surface area contributed by atoms with Crippen LogP contribution in [0.1, 0.15) is 25.3 Å². The van der Waals surface area contributed by atoms with E-state index in [-0.39, 0.29) is 30.6 Å². The number of likely N-dealkylation sites (tertiary alicyclic amines) is 1. The summed E-state index contributed by atoms with van der Waals surface area (Å²) in [4.78, 5) is 50.3. The van der Waals surface area contributed by atoms with E-state index in [1.807, 2.05) is 61.5 Å². The summed E-state index contributed by atoms with van der Waals surface area (Å²) in [6, 6.07) is 29.8. The third-order valence-corrected chi connectivity index (χ3v) is 11.6. The zero-order valence-electron chi connectivity index (χ0n) is 31.8. The number of hydrogen-bond donors (Lipinski definition) is 4. The second-order valence-electron chi connectivity index (χ2n) is 13.5. The predicted molar refractivity (Wildman–Crippen MR) is 216 cm³/mol. The van der Waals surface area contributed by atoms with Gasteiger partial charge in [0.25, 0.3) is 0 Å². The van der Waals surface area contributed by atoms with Crippen molar-refractivity contribution in [3.63, 3.8) is 0 Å². The fourth-order valence-electron chi connectivity index (χ4n) is 6.75. The van der Waals surface area contributed by atoms with Gasteiger partial charge in [-0.2, -0.15) is 4.31 Å². The van der Waals surface area contributed by atoms with Crippen LogP contribution in [0.4, 0.5) is 10.5 Å². The lowest BCUT2D eigenvalue weighted by molar-refractivity contribution is -0.134. The zero-order chi connectivity index (χ0) is 41.0. The van der Waals surface area contributed by atoms with Gasteiger partial charge >= 0.3 is 18.0 Å². The first-order valence-electron chi connectivity index (χ1n) is 18.6. The molecule has 4 N–H and O–H groups in total. The second-order valence-corrected chi connectivity index (χ2v) is 15.4. The van der Waals surface area contributed by atoms with E-state index < -0.39 is 39.9 Å². The van der Waals surface area contributed by atoms with E-state index in [2.05, 4.69) is 22.5 Å². The van der Waals surface area contributed by atoms with Crippen molar-refractivity contribution in [2.24, 2.45) is 0 Å². The van der Waals surface area contributed by atoms with Crippen LogP contribution in [0.15, 0.2) is 120 Å². The van der Waals surface area contributed by atoms with Gasteiger partial charge in [-0.3, -0.25) is 9.69 Å². The zero-order valence-corrected chi connectivity index (χ0v) is 32.6. The smallest absolute Gasteiger partial charge is 0.328 e. The van der Waals surface area contributed by atoms with E-state index >= 15 is 0 Å². The fraction of sp³-hybridized carbons (Fsp3) is 0.286. The molecule has 4 aromatic carbocycles. The molecule has 0 aromatic heterocycles. The minimum absolute atomic E-state index is 0.0260. The average Bonchev–Trinajstić information content (AvgIpc) is 3.68. The number of aliphatic carboxylic acids is 2. The third kappa shape index (κ3) is 11.5. The number of piperazine rings is 1. The molecule has 15 heteroatoms. The molecule has 2 aliphatic heterocycles. The van der Waals surface area contributed by atoms with Crippen molar-refractivity contribution in [3.05, 3.63) is 121 Å². The maximum atomic E-state index is 14.1. The first-order chi connectivity index (χ1) is 27.3. The molecule has 0 spiro atoms. The van der Waals surface area contributed by atoms with Gasteiger partial charge in [0.2, 0.25) is 15.9 Å². The number of urea groups is 1. The molecule has 6 rings (SSSR count). The number of carbonyl (C=O) groups is 4. The Morgan fingerprint density at radius 2 is 1.44 bits per heavy atom. The number of hydrogen-bond acceptors (Lipinski definition) is 8. The quantitative estimate of drug-likeness (QED) is 0.130. The molecule has 0 radical (unpaired) electrons. The lowest BCUT2D eigenvalue weighted by atomic mass is 10.0. The molecule has 57 heavy (non-hydrogen) atoms.